The van der Waals surface area contributed by atoms with E-state index in [2.05, 4.69) is 98.4 Å². The summed E-state index contributed by atoms with van der Waals surface area (Å²) in [4.78, 5) is 21.5. The Morgan fingerprint density at radius 1 is 0.776 bits per heavy atom. The molecule has 250 valence electrons. The van der Waals surface area contributed by atoms with Crippen LogP contribution in [0.1, 0.15) is 92.7 Å². The van der Waals surface area contributed by atoms with E-state index in [0.717, 1.165) is 50.0 Å². The predicted octanol–water partition coefficient (Wildman–Crippen LogP) is 8.41. The highest BCUT2D eigenvalue weighted by atomic mass is 16.3. The Balaban J connectivity index is 0.000000126. The predicted molar refractivity (Wildman–Crippen MR) is 194 cm³/mol. The average molecular weight is 652 g/mol. The van der Waals surface area contributed by atoms with E-state index in [4.69, 9.17) is 4.42 Å². The van der Waals surface area contributed by atoms with Crippen molar-refractivity contribution in [3.63, 3.8) is 0 Å². The van der Waals surface area contributed by atoms with Crippen molar-refractivity contribution in [3.05, 3.63) is 102 Å². The van der Waals surface area contributed by atoms with Crippen molar-refractivity contribution in [2.45, 2.75) is 77.3 Å². The fourth-order valence-electron chi connectivity index (χ4n) is 11.2. The SMILES string of the molecule is CC[C@@]12C=C(C=O)n3c4c(c5ccccc53)CCN(CCC1)[C@H]42.CC[C@@]12C=C(c3cnco3)n3c4c(c5ccccc53)CCN(CCC1)[C@H]42. The highest BCUT2D eigenvalue weighted by Gasteiger charge is 2.52. The first kappa shape index (κ1) is 29.7. The third-order valence-corrected chi connectivity index (χ3v) is 13.3. The average Bonchev–Trinajstić information content (AvgIpc) is 3.90. The van der Waals surface area contributed by atoms with E-state index < -0.39 is 0 Å². The maximum Gasteiger partial charge on any atom is 0.181 e. The number of aromatic nitrogens is 3. The minimum Gasteiger partial charge on any atom is -0.442 e. The summed E-state index contributed by atoms with van der Waals surface area (Å²) in [5.74, 6) is 0.877. The Kier molecular flexibility index (Phi) is 6.60. The molecule has 4 atom stereocenters. The molecule has 0 radical (unpaired) electrons. The second-order valence-corrected chi connectivity index (χ2v) is 15.3. The standard InChI is InChI=1S/C22H23N3O.C20H22N2O/c1-2-22-9-5-10-24-11-8-16-15-6-3-4-7-17(15)25(20(16)21(22)24)18(12-22)19-13-23-14-26-19;1-2-20-9-5-10-21-11-8-16-15-6-3-4-7-17(15)22(14(12-20)13-23)18(16)19(20)21/h3-4,6-7,12-14,21H,2,5,8-11H2,1H3;3-4,6-7,12-13,19H,2,5,8-11H2,1H3/t21-,22+;19-,20+/m11/s1. The Morgan fingerprint density at radius 3 is 1.92 bits per heavy atom. The van der Waals surface area contributed by atoms with Crippen LogP contribution in [0.3, 0.4) is 0 Å². The summed E-state index contributed by atoms with van der Waals surface area (Å²) in [6.07, 6.45) is 18.8. The quantitative estimate of drug-likeness (QED) is 0.183. The van der Waals surface area contributed by atoms with Gasteiger partial charge in [0.15, 0.2) is 18.4 Å². The van der Waals surface area contributed by atoms with Crippen LogP contribution in [-0.2, 0) is 17.6 Å². The first-order chi connectivity index (χ1) is 24.1. The molecule has 2 fully saturated rings. The fraction of sp³-hybridized carbons (Fsp3) is 0.429. The summed E-state index contributed by atoms with van der Waals surface area (Å²) >= 11 is 0. The Hall–Kier alpha value is -4.20. The van der Waals surface area contributed by atoms with Crippen LogP contribution < -0.4 is 0 Å². The van der Waals surface area contributed by atoms with E-state index in [0.29, 0.717) is 12.1 Å². The number of para-hydroxylation sites is 2. The zero-order chi connectivity index (χ0) is 32.9. The number of benzene rings is 2. The zero-order valence-electron chi connectivity index (χ0n) is 28.7. The van der Waals surface area contributed by atoms with Gasteiger partial charge in [0, 0.05) is 46.1 Å². The molecule has 6 aliphatic rings. The number of rotatable bonds is 4. The summed E-state index contributed by atoms with van der Waals surface area (Å²) < 4.78 is 10.5. The molecule has 0 amide bonds. The maximum atomic E-state index is 11.9. The van der Waals surface area contributed by atoms with Gasteiger partial charge in [0.25, 0.3) is 0 Å². The van der Waals surface area contributed by atoms with Gasteiger partial charge in [0.1, 0.15) is 0 Å². The number of allylic oxidation sites excluding steroid dienone is 1. The molecule has 7 nitrogen and oxygen atoms in total. The Labute approximate surface area is 287 Å². The minimum atomic E-state index is 0.133. The zero-order valence-corrected chi connectivity index (χ0v) is 28.7. The summed E-state index contributed by atoms with van der Waals surface area (Å²) in [5.41, 5.74) is 10.8. The molecule has 0 unspecified atom stereocenters. The monoisotopic (exact) mass is 651 g/mol. The van der Waals surface area contributed by atoms with Crippen LogP contribution in [0.25, 0.3) is 33.2 Å². The third kappa shape index (κ3) is 3.97. The molecular formula is C42H45N5O2. The molecule has 0 saturated carbocycles. The van der Waals surface area contributed by atoms with E-state index >= 15 is 0 Å². The van der Waals surface area contributed by atoms with Crippen LogP contribution in [0.2, 0.25) is 0 Å². The van der Waals surface area contributed by atoms with Crippen molar-refractivity contribution in [2.24, 2.45) is 10.8 Å². The maximum absolute atomic E-state index is 11.9. The lowest BCUT2D eigenvalue weighted by Gasteiger charge is -2.53. The van der Waals surface area contributed by atoms with Gasteiger partial charge >= 0.3 is 0 Å². The molecule has 5 aromatic rings. The summed E-state index contributed by atoms with van der Waals surface area (Å²) in [5, 5.41) is 2.75. The van der Waals surface area contributed by atoms with Gasteiger partial charge < -0.3 is 13.6 Å². The largest absolute Gasteiger partial charge is 0.442 e. The van der Waals surface area contributed by atoms with Gasteiger partial charge in [-0.3, -0.25) is 14.6 Å². The second kappa shape index (κ2) is 10.9. The third-order valence-electron chi connectivity index (χ3n) is 13.3. The molecule has 0 bridgehead atoms. The van der Waals surface area contributed by atoms with Gasteiger partial charge in [-0.05, 0) is 99.9 Å². The van der Waals surface area contributed by atoms with Crippen molar-refractivity contribution >= 4 is 39.5 Å². The molecule has 0 aliphatic carbocycles. The lowest BCUT2D eigenvalue weighted by Crippen LogP contribution is -2.50. The highest BCUT2D eigenvalue weighted by Crippen LogP contribution is 2.58. The summed E-state index contributed by atoms with van der Waals surface area (Å²) in [7, 11) is 0. The molecule has 2 aromatic carbocycles. The van der Waals surface area contributed by atoms with E-state index in [1.165, 1.54) is 89.8 Å². The van der Waals surface area contributed by atoms with Gasteiger partial charge in [-0.2, -0.15) is 0 Å². The van der Waals surface area contributed by atoms with Crippen LogP contribution in [0.15, 0.2) is 77.7 Å². The van der Waals surface area contributed by atoms with Crippen LogP contribution >= 0.6 is 0 Å². The summed E-state index contributed by atoms with van der Waals surface area (Å²) in [6.45, 7) is 9.38. The lowest BCUT2D eigenvalue weighted by molar-refractivity contribution is -0.103. The smallest absolute Gasteiger partial charge is 0.181 e. The Morgan fingerprint density at radius 2 is 1.35 bits per heavy atom. The summed E-state index contributed by atoms with van der Waals surface area (Å²) in [6, 6.07) is 18.4. The van der Waals surface area contributed by atoms with E-state index in [1.54, 1.807) is 12.0 Å². The van der Waals surface area contributed by atoms with Crippen LogP contribution in [0.4, 0.5) is 0 Å². The van der Waals surface area contributed by atoms with Crippen molar-refractivity contribution in [1.29, 1.82) is 0 Å². The van der Waals surface area contributed by atoms with Crippen molar-refractivity contribution in [1.82, 2.24) is 23.9 Å². The van der Waals surface area contributed by atoms with Crippen LogP contribution in [0.5, 0.6) is 0 Å². The van der Waals surface area contributed by atoms with Crippen LogP contribution in [-0.4, -0.2) is 56.4 Å². The van der Waals surface area contributed by atoms with Crippen molar-refractivity contribution < 1.29 is 9.21 Å². The van der Waals surface area contributed by atoms with Gasteiger partial charge in [-0.25, -0.2) is 4.98 Å². The first-order valence-corrected chi connectivity index (χ1v) is 18.6. The van der Waals surface area contributed by atoms with Crippen LogP contribution in [0, 0.1) is 10.8 Å². The number of hydrogen-bond acceptors (Lipinski definition) is 5. The highest BCUT2D eigenvalue weighted by molar-refractivity contribution is 6.05. The number of aldehydes is 1. The molecule has 9 heterocycles. The molecule has 49 heavy (non-hydrogen) atoms. The minimum absolute atomic E-state index is 0.133. The molecule has 2 saturated heterocycles. The number of carbonyl (C=O) groups is 1. The lowest BCUT2D eigenvalue weighted by atomic mass is 9.66. The van der Waals surface area contributed by atoms with Gasteiger partial charge in [0.2, 0.25) is 0 Å². The molecule has 11 rings (SSSR count). The molecule has 0 spiro atoms. The molecule has 7 heteroatoms. The van der Waals surface area contributed by atoms with Crippen molar-refractivity contribution in [2.75, 3.05) is 26.2 Å². The number of oxazole rings is 1. The van der Waals surface area contributed by atoms with Crippen molar-refractivity contribution in [3.8, 4) is 0 Å². The number of fused-ring (bicyclic) bond motifs is 6. The topological polar surface area (TPSA) is 59.4 Å². The van der Waals surface area contributed by atoms with Gasteiger partial charge in [-0.15, -0.1) is 0 Å². The van der Waals surface area contributed by atoms with E-state index in [1.807, 2.05) is 6.20 Å². The first-order valence-electron chi connectivity index (χ1n) is 18.6. The normalized spacial score (nSPS) is 28.3. The fourth-order valence-corrected chi connectivity index (χ4v) is 11.2. The number of nitrogens with zero attached hydrogens (tertiary/aromatic N) is 5. The van der Waals surface area contributed by atoms with Gasteiger partial charge in [-0.1, -0.05) is 50.2 Å². The van der Waals surface area contributed by atoms with Gasteiger partial charge in [0.05, 0.1) is 40.7 Å². The molecule has 3 aromatic heterocycles. The number of hydrogen-bond donors (Lipinski definition) is 0. The molecular weight excluding hydrogens is 606 g/mol. The van der Waals surface area contributed by atoms with E-state index in [9.17, 15) is 4.79 Å². The molecule has 6 aliphatic heterocycles. The number of piperidine rings is 2. The second-order valence-electron chi connectivity index (χ2n) is 15.3. The number of carbonyl (C=O) groups excluding carboxylic acids is 1. The Bertz CT molecular complexity index is 2180. The molecule has 0 N–H and O–H groups in total. The van der Waals surface area contributed by atoms with E-state index in [-0.39, 0.29) is 10.8 Å².